The first-order valence-corrected chi connectivity index (χ1v) is 9.00. The Morgan fingerprint density at radius 2 is 2.04 bits per heavy atom. The van der Waals surface area contributed by atoms with Crippen LogP contribution in [-0.2, 0) is 14.3 Å². The highest BCUT2D eigenvalue weighted by atomic mass is 16.6. The molecule has 0 aliphatic carbocycles. The topological polar surface area (TPSA) is 67.9 Å². The molecular weight excluding hydrogens is 332 g/mol. The van der Waals surface area contributed by atoms with E-state index in [0.29, 0.717) is 32.5 Å². The third-order valence-corrected chi connectivity index (χ3v) is 4.55. The Kier molecular flexibility index (Phi) is 6.29. The van der Waals surface area contributed by atoms with E-state index in [9.17, 15) is 9.59 Å². The number of likely N-dealkylation sites (tertiary alicyclic amines) is 1. The summed E-state index contributed by atoms with van der Waals surface area (Å²) in [5, 5.41) is 3.01. The lowest BCUT2D eigenvalue weighted by Crippen LogP contribution is -2.42. The molecule has 2 amide bonds. The van der Waals surface area contributed by atoms with Gasteiger partial charge in [-0.05, 0) is 58.2 Å². The van der Waals surface area contributed by atoms with E-state index in [4.69, 9.17) is 9.47 Å². The van der Waals surface area contributed by atoms with E-state index in [2.05, 4.69) is 5.32 Å². The number of hydrogen-bond donors (Lipinski definition) is 1. The number of aryl methyl sites for hydroxylation is 1. The molecule has 0 unspecified atom stereocenters. The van der Waals surface area contributed by atoms with Crippen LogP contribution < -0.4 is 5.32 Å². The highest BCUT2D eigenvalue weighted by molar-refractivity contribution is 5.96. The van der Waals surface area contributed by atoms with Crippen LogP contribution in [0, 0.1) is 12.3 Å². The molecule has 0 spiro atoms. The van der Waals surface area contributed by atoms with Gasteiger partial charge in [-0.2, -0.15) is 0 Å². The van der Waals surface area contributed by atoms with Crippen molar-refractivity contribution in [2.75, 3.05) is 32.1 Å². The van der Waals surface area contributed by atoms with Crippen molar-refractivity contribution in [1.82, 2.24) is 4.90 Å². The lowest BCUT2D eigenvalue weighted by atomic mass is 9.82. The molecule has 1 aliphatic heterocycles. The average Bonchev–Trinajstić information content (AvgIpc) is 2.97. The molecule has 1 heterocycles. The van der Waals surface area contributed by atoms with Crippen molar-refractivity contribution in [3.8, 4) is 0 Å². The fraction of sp³-hybridized carbons (Fsp3) is 0.600. The SMILES string of the molecule is COCC[C@@]1(C(=O)Nc2cccc(C)c2)CCN(C(=O)OC(C)(C)C)C1. The monoisotopic (exact) mass is 362 g/mol. The first kappa shape index (κ1) is 20.2. The van der Waals surface area contributed by atoms with Gasteiger partial charge < -0.3 is 19.7 Å². The molecule has 6 heteroatoms. The van der Waals surface area contributed by atoms with E-state index in [1.54, 1.807) is 12.0 Å². The Hall–Kier alpha value is -2.08. The number of nitrogens with one attached hydrogen (secondary N) is 1. The molecule has 1 aromatic rings. The first-order chi connectivity index (χ1) is 12.1. The zero-order valence-electron chi connectivity index (χ0n) is 16.4. The van der Waals surface area contributed by atoms with E-state index in [-0.39, 0.29) is 12.0 Å². The molecule has 144 valence electrons. The van der Waals surface area contributed by atoms with Crippen molar-refractivity contribution in [3.05, 3.63) is 29.8 Å². The minimum absolute atomic E-state index is 0.0776. The predicted octanol–water partition coefficient (Wildman–Crippen LogP) is 3.60. The summed E-state index contributed by atoms with van der Waals surface area (Å²) in [4.78, 5) is 27.1. The molecule has 1 aliphatic rings. The zero-order chi connectivity index (χ0) is 19.4. The highest BCUT2D eigenvalue weighted by Gasteiger charge is 2.46. The lowest BCUT2D eigenvalue weighted by molar-refractivity contribution is -0.126. The largest absolute Gasteiger partial charge is 0.444 e. The van der Waals surface area contributed by atoms with Crippen molar-refractivity contribution >= 4 is 17.7 Å². The summed E-state index contributed by atoms with van der Waals surface area (Å²) >= 11 is 0. The van der Waals surface area contributed by atoms with E-state index in [1.807, 2.05) is 52.0 Å². The number of hydrogen-bond acceptors (Lipinski definition) is 4. The Bertz CT molecular complexity index is 653. The van der Waals surface area contributed by atoms with E-state index < -0.39 is 11.0 Å². The van der Waals surface area contributed by atoms with Gasteiger partial charge in [0, 0.05) is 32.5 Å². The summed E-state index contributed by atoms with van der Waals surface area (Å²) in [6, 6.07) is 7.70. The van der Waals surface area contributed by atoms with Gasteiger partial charge >= 0.3 is 6.09 Å². The number of benzene rings is 1. The average molecular weight is 362 g/mol. The van der Waals surface area contributed by atoms with Crippen LogP contribution in [-0.4, -0.2) is 49.3 Å². The second-order valence-electron chi connectivity index (χ2n) is 8.00. The Labute approximate surface area is 155 Å². The molecule has 1 aromatic carbocycles. The maximum atomic E-state index is 13.1. The van der Waals surface area contributed by atoms with Crippen LogP contribution >= 0.6 is 0 Å². The van der Waals surface area contributed by atoms with Crippen LogP contribution in [0.4, 0.5) is 10.5 Å². The number of rotatable bonds is 5. The van der Waals surface area contributed by atoms with Crippen LogP contribution in [0.3, 0.4) is 0 Å². The Balaban J connectivity index is 2.13. The number of ether oxygens (including phenoxy) is 2. The fourth-order valence-corrected chi connectivity index (χ4v) is 3.14. The van der Waals surface area contributed by atoms with Gasteiger partial charge in [0.2, 0.25) is 5.91 Å². The summed E-state index contributed by atoms with van der Waals surface area (Å²) in [7, 11) is 1.62. The van der Waals surface area contributed by atoms with Gasteiger partial charge in [-0.15, -0.1) is 0 Å². The van der Waals surface area contributed by atoms with Gasteiger partial charge in [-0.1, -0.05) is 12.1 Å². The van der Waals surface area contributed by atoms with Crippen molar-refractivity contribution in [2.24, 2.45) is 5.41 Å². The summed E-state index contributed by atoms with van der Waals surface area (Å²) in [6.07, 6.45) is 0.772. The van der Waals surface area contributed by atoms with E-state index in [0.717, 1.165) is 11.3 Å². The van der Waals surface area contributed by atoms with Crippen molar-refractivity contribution < 1.29 is 19.1 Å². The summed E-state index contributed by atoms with van der Waals surface area (Å²) in [6.45, 7) is 8.79. The molecule has 1 atom stereocenters. The minimum atomic E-state index is -0.670. The maximum absolute atomic E-state index is 13.1. The molecule has 0 bridgehead atoms. The van der Waals surface area contributed by atoms with E-state index >= 15 is 0 Å². The van der Waals surface area contributed by atoms with Crippen LogP contribution in [0.5, 0.6) is 0 Å². The molecule has 1 saturated heterocycles. The van der Waals surface area contributed by atoms with Gasteiger partial charge in [-0.3, -0.25) is 4.79 Å². The molecule has 1 fully saturated rings. The smallest absolute Gasteiger partial charge is 0.410 e. The quantitative estimate of drug-likeness (QED) is 0.869. The van der Waals surface area contributed by atoms with Gasteiger partial charge in [0.1, 0.15) is 5.60 Å². The molecule has 0 aromatic heterocycles. The molecule has 0 radical (unpaired) electrons. The summed E-state index contributed by atoms with van der Waals surface area (Å²) in [5.74, 6) is -0.0776. The summed E-state index contributed by atoms with van der Waals surface area (Å²) in [5.41, 5.74) is 0.619. The van der Waals surface area contributed by atoms with Crippen molar-refractivity contribution in [2.45, 2.75) is 46.1 Å². The normalized spacial score (nSPS) is 20.1. The van der Waals surface area contributed by atoms with Gasteiger partial charge in [0.15, 0.2) is 0 Å². The minimum Gasteiger partial charge on any atom is -0.444 e. The first-order valence-electron chi connectivity index (χ1n) is 9.00. The lowest BCUT2D eigenvalue weighted by Gasteiger charge is -2.29. The Morgan fingerprint density at radius 1 is 1.31 bits per heavy atom. The van der Waals surface area contributed by atoms with E-state index in [1.165, 1.54) is 0 Å². The zero-order valence-corrected chi connectivity index (χ0v) is 16.4. The van der Waals surface area contributed by atoms with Crippen molar-refractivity contribution in [3.63, 3.8) is 0 Å². The number of carbonyl (C=O) groups excluding carboxylic acids is 2. The molecule has 26 heavy (non-hydrogen) atoms. The van der Waals surface area contributed by atoms with Crippen LogP contribution in [0.15, 0.2) is 24.3 Å². The van der Waals surface area contributed by atoms with Gasteiger partial charge in [-0.25, -0.2) is 4.79 Å². The Morgan fingerprint density at radius 3 is 2.65 bits per heavy atom. The summed E-state index contributed by atoms with van der Waals surface area (Å²) < 4.78 is 10.7. The standard InChI is InChI=1S/C20H30N2O4/c1-15-7-6-8-16(13-15)21-17(23)20(10-12-25-5)9-11-22(14-20)18(24)26-19(2,3)4/h6-8,13H,9-12,14H2,1-5H3,(H,21,23)/t20-/m0/s1. The second-order valence-corrected chi connectivity index (χ2v) is 8.00. The van der Waals surface area contributed by atoms with Crippen molar-refractivity contribution in [1.29, 1.82) is 0 Å². The molecule has 2 rings (SSSR count). The number of anilines is 1. The van der Waals surface area contributed by atoms with Gasteiger partial charge in [0.05, 0.1) is 5.41 Å². The number of carbonyl (C=O) groups is 2. The van der Waals surface area contributed by atoms with Crippen LogP contribution in [0.2, 0.25) is 0 Å². The third kappa shape index (κ3) is 5.21. The molecule has 6 nitrogen and oxygen atoms in total. The van der Waals surface area contributed by atoms with Crippen LogP contribution in [0.25, 0.3) is 0 Å². The second kappa shape index (κ2) is 8.08. The maximum Gasteiger partial charge on any atom is 0.410 e. The molecule has 0 saturated carbocycles. The fourth-order valence-electron chi connectivity index (χ4n) is 3.14. The molecule has 1 N–H and O–H groups in total. The molecular formula is C20H30N2O4. The van der Waals surface area contributed by atoms with Crippen LogP contribution in [0.1, 0.15) is 39.2 Å². The third-order valence-electron chi connectivity index (χ3n) is 4.55. The number of nitrogens with zero attached hydrogens (tertiary/aromatic N) is 1. The predicted molar refractivity (Wildman–Crippen MR) is 101 cm³/mol. The number of amides is 2. The highest BCUT2D eigenvalue weighted by Crippen LogP contribution is 2.36. The van der Waals surface area contributed by atoms with Gasteiger partial charge in [0.25, 0.3) is 0 Å². The number of methoxy groups -OCH3 is 1.